The minimum absolute atomic E-state index is 0.0106. The first-order valence-electron chi connectivity index (χ1n) is 9.04. The summed E-state index contributed by atoms with van der Waals surface area (Å²) in [6.45, 7) is 6.57. The third-order valence-electron chi connectivity index (χ3n) is 4.65. The fourth-order valence-corrected chi connectivity index (χ4v) is 3.37. The van der Waals surface area contributed by atoms with Crippen molar-refractivity contribution in [3.05, 3.63) is 86.7 Å². The number of carbonyl (C=O) groups excluding carboxylic acids is 1. The number of allylic oxidation sites excluding steroid dienone is 1. The molecule has 0 saturated heterocycles. The van der Waals surface area contributed by atoms with Gasteiger partial charge in [-0.1, -0.05) is 35.9 Å². The maximum absolute atomic E-state index is 12.4. The summed E-state index contributed by atoms with van der Waals surface area (Å²) in [6.07, 6.45) is 3.45. The Kier molecular flexibility index (Phi) is 6.15. The van der Waals surface area contributed by atoms with Crippen molar-refractivity contribution >= 4 is 27.8 Å². The molecule has 1 aromatic heterocycles. The number of rotatable bonds is 6. The second-order valence-corrected chi connectivity index (χ2v) is 7.57. The van der Waals surface area contributed by atoms with E-state index in [1.807, 2.05) is 74.0 Å². The number of benzene rings is 2. The summed E-state index contributed by atoms with van der Waals surface area (Å²) in [5, 5.41) is 4.57. The first-order valence-corrected chi connectivity index (χ1v) is 9.84. The van der Waals surface area contributed by atoms with Gasteiger partial charge in [-0.2, -0.15) is 5.10 Å². The average Bonchev–Trinajstić information content (AvgIpc) is 2.93. The van der Waals surface area contributed by atoms with Crippen LogP contribution in [0.25, 0.3) is 6.08 Å². The highest BCUT2D eigenvalue weighted by molar-refractivity contribution is 9.10. The minimum Gasteiger partial charge on any atom is -0.496 e. The van der Waals surface area contributed by atoms with Crippen molar-refractivity contribution in [2.24, 2.45) is 0 Å². The summed E-state index contributed by atoms with van der Waals surface area (Å²) in [7, 11) is 1.66. The lowest BCUT2D eigenvalue weighted by Crippen LogP contribution is -2.06. The van der Waals surface area contributed by atoms with E-state index in [1.165, 1.54) is 0 Å². The molecule has 0 unspecified atom stereocenters. The molecule has 28 heavy (non-hydrogen) atoms. The number of hydrogen-bond acceptors (Lipinski definition) is 3. The van der Waals surface area contributed by atoms with E-state index in [2.05, 4.69) is 21.0 Å². The molecule has 0 atom stereocenters. The van der Waals surface area contributed by atoms with Crippen molar-refractivity contribution in [3.8, 4) is 5.75 Å². The number of methoxy groups -OCH3 is 1. The van der Waals surface area contributed by atoms with Gasteiger partial charge < -0.3 is 4.74 Å². The van der Waals surface area contributed by atoms with Crippen LogP contribution in [0, 0.1) is 20.8 Å². The van der Waals surface area contributed by atoms with Crippen LogP contribution >= 0.6 is 15.9 Å². The van der Waals surface area contributed by atoms with Crippen molar-refractivity contribution in [3.63, 3.8) is 0 Å². The van der Waals surface area contributed by atoms with E-state index < -0.39 is 0 Å². The Morgan fingerprint density at radius 2 is 1.96 bits per heavy atom. The second-order valence-electron chi connectivity index (χ2n) is 6.78. The van der Waals surface area contributed by atoms with E-state index >= 15 is 0 Å². The lowest BCUT2D eigenvalue weighted by atomic mass is 10.1. The zero-order valence-corrected chi connectivity index (χ0v) is 18.1. The van der Waals surface area contributed by atoms with Crippen LogP contribution in [0.5, 0.6) is 5.75 Å². The monoisotopic (exact) mass is 438 g/mol. The van der Waals surface area contributed by atoms with E-state index in [4.69, 9.17) is 4.74 Å². The molecular formula is C23H23BrN2O2. The van der Waals surface area contributed by atoms with E-state index in [1.54, 1.807) is 13.2 Å². The van der Waals surface area contributed by atoms with Gasteiger partial charge in [-0.3, -0.25) is 9.48 Å². The van der Waals surface area contributed by atoms with Crippen LogP contribution in [0.3, 0.4) is 0 Å². The van der Waals surface area contributed by atoms with Crippen LogP contribution in [-0.2, 0) is 6.54 Å². The Labute approximate surface area is 174 Å². The molecule has 0 amide bonds. The molecule has 0 radical (unpaired) electrons. The molecule has 0 fully saturated rings. The van der Waals surface area contributed by atoms with Crippen molar-refractivity contribution < 1.29 is 9.53 Å². The van der Waals surface area contributed by atoms with Crippen molar-refractivity contribution in [1.82, 2.24) is 9.78 Å². The molecule has 2 aromatic carbocycles. The molecule has 3 aromatic rings. The van der Waals surface area contributed by atoms with Gasteiger partial charge in [-0.05, 0) is 66.5 Å². The summed E-state index contributed by atoms with van der Waals surface area (Å²) in [5.74, 6) is 0.786. The standard InChI is InChI=1S/C23H23BrN2O2/c1-15-6-5-7-19(12-15)21(27)10-8-18-9-11-22(28-4)20(13-18)14-26-17(3)23(24)16(2)25-26/h5-13H,14H2,1-4H3/b10-8+. The predicted octanol–water partition coefficient (Wildman–Crippen LogP) is 5.52. The summed E-state index contributed by atoms with van der Waals surface area (Å²) < 4.78 is 8.48. The lowest BCUT2D eigenvalue weighted by molar-refractivity contribution is 0.104. The highest BCUT2D eigenvalue weighted by Gasteiger charge is 2.12. The van der Waals surface area contributed by atoms with Gasteiger partial charge in [-0.25, -0.2) is 0 Å². The van der Waals surface area contributed by atoms with Gasteiger partial charge in [-0.15, -0.1) is 0 Å². The summed E-state index contributed by atoms with van der Waals surface area (Å²) in [5.41, 5.74) is 5.73. The van der Waals surface area contributed by atoms with Gasteiger partial charge in [0.15, 0.2) is 5.78 Å². The molecule has 4 nitrogen and oxygen atoms in total. The summed E-state index contributed by atoms with van der Waals surface area (Å²) in [4.78, 5) is 12.4. The number of ketones is 1. The Balaban J connectivity index is 1.86. The molecule has 0 aliphatic heterocycles. The molecule has 0 aliphatic rings. The highest BCUT2D eigenvalue weighted by Crippen LogP contribution is 2.25. The maximum Gasteiger partial charge on any atom is 0.185 e. The Hall–Kier alpha value is -2.66. The first kappa shape index (κ1) is 20.1. The van der Waals surface area contributed by atoms with Crippen LogP contribution in [0.4, 0.5) is 0 Å². The highest BCUT2D eigenvalue weighted by atomic mass is 79.9. The van der Waals surface area contributed by atoms with Crippen LogP contribution < -0.4 is 4.74 Å². The number of ether oxygens (including phenoxy) is 1. The molecule has 5 heteroatoms. The van der Waals surface area contributed by atoms with Crippen LogP contribution in [-0.4, -0.2) is 22.7 Å². The van der Waals surface area contributed by atoms with Gasteiger partial charge in [0.25, 0.3) is 0 Å². The topological polar surface area (TPSA) is 44.1 Å². The number of hydrogen-bond donors (Lipinski definition) is 0. The smallest absolute Gasteiger partial charge is 0.185 e. The summed E-state index contributed by atoms with van der Waals surface area (Å²) >= 11 is 3.57. The first-order chi connectivity index (χ1) is 13.4. The predicted molar refractivity (Wildman–Crippen MR) is 116 cm³/mol. The fraction of sp³-hybridized carbons (Fsp3) is 0.217. The average molecular weight is 439 g/mol. The van der Waals surface area contributed by atoms with Crippen molar-refractivity contribution in [2.75, 3.05) is 7.11 Å². The van der Waals surface area contributed by atoms with Crippen LogP contribution in [0.1, 0.15) is 38.4 Å². The number of halogens is 1. The number of aryl methyl sites for hydroxylation is 2. The van der Waals surface area contributed by atoms with Crippen molar-refractivity contribution in [1.29, 1.82) is 0 Å². The third kappa shape index (κ3) is 4.42. The Morgan fingerprint density at radius 3 is 2.61 bits per heavy atom. The van der Waals surface area contributed by atoms with Gasteiger partial charge in [0, 0.05) is 11.1 Å². The van der Waals surface area contributed by atoms with Crippen molar-refractivity contribution in [2.45, 2.75) is 27.3 Å². The maximum atomic E-state index is 12.4. The van der Waals surface area contributed by atoms with E-state index in [9.17, 15) is 4.79 Å². The quantitative estimate of drug-likeness (QED) is 0.375. The summed E-state index contributed by atoms with van der Waals surface area (Å²) in [6, 6.07) is 13.5. The molecule has 0 bridgehead atoms. The SMILES string of the molecule is COc1ccc(/C=C/C(=O)c2cccc(C)c2)cc1Cn1nc(C)c(Br)c1C. The largest absolute Gasteiger partial charge is 0.496 e. The van der Waals surface area contributed by atoms with Gasteiger partial charge in [0.05, 0.1) is 29.5 Å². The number of aromatic nitrogens is 2. The second kappa shape index (κ2) is 8.57. The molecule has 0 aliphatic carbocycles. The zero-order valence-electron chi connectivity index (χ0n) is 16.5. The van der Waals surface area contributed by atoms with Gasteiger partial charge in [0.2, 0.25) is 0 Å². The van der Waals surface area contributed by atoms with E-state index in [0.717, 1.165) is 38.3 Å². The molecule has 144 valence electrons. The van der Waals surface area contributed by atoms with Crippen LogP contribution in [0.2, 0.25) is 0 Å². The minimum atomic E-state index is -0.0106. The third-order valence-corrected chi connectivity index (χ3v) is 5.80. The molecule has 1 heterocycles. The zero-order chi connectivity index (χ0) is 20.3. The van der Waals surface area contributed by atoms with Gasteiger partial charge in [0.1, 0.15) is 5.75 Å². The number of carbonyl (C=O) groups is 1. The lowest BCUT2D eigenvalue weighted by Gasteiger charge is -2.11. The molecular weight excluding hydrogens is 416 g/mol. The Bertz CT molecular complexity index is 1050. The number of nitrogens with zero attached hydrogens (tertiary/aromatic N) is 2. The van der Waals surface area contributed by atoms with Crippen LogP contribution in [0.15, 0.2) is 53.0 Å². The molecule has 0 saturated carbocycles. The van der Waals surface area contributed by atoms with Gasteiger partial charge >= 0.3 is 0 Å². The normalized spacial score (nSPS) is 11.2. The Morgan fingerprint density at radius 1 is 1.18 bits per heavy atom. The fourth-order valence-electron chi connectivity index (χ4n) is 3.08. The van der Waals surface area contributed by atoms with E-state index in [0.29, 0.717) is 12.1 Å². The molecule has 0 N–H and O–H groups in total. The molecule has 3 rings (SSSR count). The molecule has 0 spiro atoms. The van der Waals surface area contributed by atoms with E-state index in [-0.39, 0.29) is 5.78 Å².